The van der Waals surface area contributed by atoms with E-state index in [-0.39, 0.29) is 12.3 Å². The highest BCUT2D eigenvalue weighted by Crippen LogP contribution is 2.35. The number of halogens is 6. The average Bonchev–Trinajstić information content (AvgIpc) is 3.54. The van der Waals surface area contributed by atoms with Crippen molar-refractivity contribution < 1.29 is 36.0 Å². The first-order valence-corrected chi connectivity index (χ1v) is 12.8. The Hall–Kier alpha value is -3.68. The van der Waals surface area contributed by atoms with E-state index in [4.69, 9.17) is 4.84 Å². The second kappa shape index (κ2) is 10.5. The molecule has 0 bridgehead atoms. The van der Waals surface area contributed by atoms with Crippen molar-refractivity contribution >= 4 is 23.0 Å². The summed E-state index contributed by atoms with van der Waals surface area (Å²) >= 11 is 1.37. The number of alkyl halides is 3. The molecule has 7 nitrogen and oxygen atoms in total. The second-order valence-electron chi connectivity index (χ2n) is 9.20. The maximum absolute atomic E-state index is 14.1. The lowest BCUT2D eigenvalue weighted by Gasteiger charge is -2.31. The monoisotopic (exact) mass is 570 g/mol. The number of hydrogen-bond acceptors (Lipinski definition) is 6. The van der Waals surface area contributed by atoms with E-state index in [0.717, 1.165) is 21.8 Å². The van der Waals surface area contributed by atoms with Crippen molar-refractivity contribution in [3.8, 4) is 0 Å². The number of thiazole rings is 1. The van der Waals surface area contributed by atoms with Crippen molar-refractivity contribution in [1.29, 1.82) is 0 Å². The summed E-state index contributed by atoms with van der Waals surface area (Å²) in [6, 6.07) is 2.92. The maximum atomic E-state index is 14.1. The summed E-state index contributed by atoms with van der Waals surface area (Å²) in [5, 5.41) is 6.43. The van der Waals surface area contributed by atoms with E-state index in [9.17, 15) is 35.9 Å². The van der Waals surface area contributed by atoms with E-state index < -0.39 is 58.9 Å². The Bertz CT molecular complexity index is 1470. The molecule has 2 aromatic heterocycles. The van der Waals surface area contributed by atoms with Crippen LogP contribution in [0.5, 0.6) is 0 Å². The number of benzene rings is 1. The zero-order chi connectivity index (χ0) is 27.9. The van der Waals surface area contributed by atoms with E-state index in [0.29, 0.717) is 55.5 Å². The highest BCUT2D eigenvalue weighted by molar-refractivity contribution is 7.10. The van der Waals surface area contributed by atoms with Crippen molar-refractivity contribution in [3.05, 3.63) is 85.5 Å². The molecule has 5 rings (SSSR count). The van der Waals surface area contributed by atoms with Gasteiger partial charge in [0.2, 0.25) is 5.91 Å². The van der Waals surface area contributed by atoms with Crippen LogP contribution < -0.4 is 5.56 Å². The minimum absolute atomic E-state index is 0.00906. The minimum atomic E-state index is -4.81. The predicted octanol–water partition coefficient (Wildman–Crippen LogP) is 5.01. The third-order valence-electron chi connectivity index (χ3n) is 6.68. The first-order chi connectivity index (χ1) is 18.5. The number of piperidine rings is 1. The summed E-state index contributed by atoms with van der Waals surface area (Å²) in [5.41, 5.74) is -2.12. The number of pyridine rings is 1. The topological polar surface area (TPSA) is 76.8 Å². The van der Waals surface area contributed by atoms with Crippen LogP contribution in [-0.2, 0) is 22.4 Å². The molecule has 39 heavy (non-hydrogen) atoms. The number of aromatic nitrogens is 2. The van der Waals surface area contributed by atoms with Gasteiger partial charge in [0.25, 0.3) is 5.56 Å². The number of oxime groups is 1. The summed E-state index contributed by atoms with van der Waals surface area (Å²) in [4.78, 5) is 36.1. The first-order valence-electron chi connectivity index (χ1n) is 11.9. The minimum Gasteiger partial charge on any atom is -0.387 e. The lowest BCUT2D eigenvalue weighted by atomic mass is 9.97. The number of likely N-dealkylation sites (tertiary alicyclic amines) is 1. The predicted molar refractivity (Wildman–Crippen MR) is 128 cm³/mol. The standard InChI is InChI=1S/C25H20F6N4O3S/c26-14-8-16(27)22(17(28)9-14)20-10-18(33-38-20)19-12-39-23(32-19)13-3-6-34(7-4-13)21(36)11-35-5-1-2-15(24(35)37)25(29,30)31/h1-2,5,8-9,12-13,20H,3-4,6-7,10-11H2. The van der Waals surface area contributed by atoms with Crippen LogP contribution in [0, 0.1) is 17.5 Å². The Kier molecular flexibility index (Phi) is 7.23. The SMILES string of the molecule is O=C(Cn1cccc(C(F)(F)F)c1=O)N1CCC(c2nc(C3=NOC(c4c(F)cc(F)cc4F)C3)cs2)CC1. The molecule has 0 spiro atoms. The van der Waals surface area contributed by atoms with E-state index in [1.54, 1.807) is 5.38 Å². The molecule has 1 atom stereocenters. The molecule has 3 aromatic rings. The molecular formula is C25H20F6N4O3S. The number of rotatable bonds is 5. The number of carbonyl (C=O) groups excluding carboxylic acids is 1. The van der Waals surface area contributed by atoms with E-state index in [2.05, 4.69) is 10.1 Å². The van der Waals surface area contributed by atoms with Gasteiger partial charge in [0, 0.05) is 49.1 Å². The van der Waals surface area contributed by atoms with Gasteiger partial charge in [-0.05, 0) is 25.0 Å². The summed E-state index contributed by atoms with van der Waals surface area (Å²) in [5.74, 6) is -3.61. The molecule has 14 heteroatoms. The Morgan fingerprint density at radius 3 is 2.49 bits per heavy atom. The summed E-state index contributed by atoms with van der Waals surface area (Å²) in [7, 11) is 0. The van der Waals surface area contributed by atoms with Crippen LogP contribution in [0.2, 0.25) is 0 Å². The van der Waals surface area contributed by atoms with Gasteiger partial charge in [-0.25, -0.2) is 18.2 Å². The third-order valence-corrected chi connectivity index (χ3v) is 7.69. The molecule has 2 aliphatic heterocycles. The average molecular weight is 571 g/mol. The molecule has 1 amide bonds. The van der Waals surface area contributed by atoms with Crippen LogP contribution in [0.4, 0.5) is 26.3 Å². The van der Waals surface area contributed by atoms with Crippen molar-refractivity contribution in [2.45, 2.75) is 44.0 Å². The number of nitrogens with zero attached hydrogens (tertiary/aromatic N) is 4. The molecule has 2 aliphatic rings. The van der Waals surface area contributed by atoms with Crippen LogP contribution in [0.15, 0.2) is 45.8 Å². The smallest absolute Gasteiger partial charge is 0.387 e. The van der Waals surface area contributed by atoms with Crippen LogP contribution >= 0.6 is 11.3 Å². The molecule has 4 heterocycles. The second-order valence-corrected chi connectivity index (χ2v) is 10.1. The lowest BCUT2D eigenvalue weighted by molar-refractivity contribution is -0.139. The van der Waals surface area contributed by atoms with E-state index >= 15 is 0 Å². The van der Waals surface area contributed by atoms with Crippen molar-refractivity contribution in [3.63, 3.8) is 0 Å². The largest absolute Gasteiger partial charge is 0.421 e. The highest BCUT2D eigenvalue weighted by atomic mass is 32.1. The molecule has 0 radical (unpaired) electrons. The Balaban J connectivity index is 1.18. The maximum Gasteiger partial charge on any atom is 0.421 e. The molecule has 0 aliphatic carbocycles. The van der Waals surface area contributed by atoms with Gasteiger partial charge in [-0.1, -0.05) is 5.16 Å². The molecule has 1 aromatic carbocycles. The molecule has 0 N–H and O–H groups in total. The Morgan fingerprint density at radius 2 is 1.82 bits per heavy atom. The Labute approximate surface area is 221 Å². The first kappa shape index (κ1) is 26.9. The zero-order valence-corrected chi connectivity index (χ0v) is 20.9. The molecule has 1 saturated heterocycles. The van der Waals surface area contributed by atoms with Crippen molar-refractivity contribution in [2.24, 2.45) is 5.16 Å². The van der Waals surface area contributed by atoms with Crippen LogP contribution in [0.1, 0.15) is 53.1 Å². The van der Waals surface area contributed by atoms with Gasteiger partial charge in [-0.15, -0.1) is 11.3 Å². The van der Waals surface area contributed by atoms with Gasteiger partial charge < -0.3 is 14.3 Å². The molecule has 1 fully saturated rings. The third kappa shape index (κ3) is 5.56. The molecule has 1 unspecified atom stereocenters. The van der Waals surface area contributed by atoms with Crippen LogP contribution in [0.3, 0.4) is 0 Å². The molecule has 206 valence electrons. The number of amides is 1. The molecule has 0 saturated carbocycles. The number of hydrogen-bond donors (Lipinski definition) is 0. The summed E-state index contributed by atoms with van der Waals surface area (Å²) in [6.45, 7) is 0.174. The van der Waals surface area contributed by atoms with Gasteiger partial charge in [0.1, 0.15) is 35.3 Å². The Morgan fingerprint density at radius 1 is 1.13 bits per heavy atom. The fraction of sp³-hybridized carbons (Fsp3) is 0.360. The van der Waals surface area contributed by atoms with Gasteiger partial charge in [0.05, 0.1) is 16.3 Å². The van der Waals surface area contributed by atoms with Gasteiger partial charge in [-0.3, -0.25) is 9.59 Å². The van der Waals surface area contributed by atoms with Crippen LogP contribution in [-0.4, -0.2) is 39.2 Å². The van der Waals surface area contributed by atoms with E-state index in [1.165, 1.54) is 16.2 Å². The van der Waals surface area contributed by atoms with Gasteiger partial charge in [0.15, 0.2) is 6.10 Å². The summed E-state index contributed by atoms with van der Waals surface area (Å²) < 4.78 is 81.2. The lowest BCUT2D eigenvalue weighted by Crippen LogP contribution is -2.41. The normalized spacial score (nSPS) is 18.3. The van der Waals surface area contributed by atoms with E-state index in [1.807, 2.05) is 0 Å². The van der Waals surface area contributed by atoms with Crippen LogP contribution in [0.25, 0.3) is 0 Å². The van der Waals surface area contributed by atoms with Gasteiger partial charge in [-0.2, -0.15) is 13.2 Å². The van der Waals surface area contributed by atoms with Gasteiger partial charge >= 0.3 is 6.18 Å². The summed E-state index contributed by atoms with van der Waals surface area (Å²) in [6.07, 6.45) is -3.56. The highest BCUT2D eigenvalue weighted by Gasteiger charge is 2.35. The van der Waals surface area contributed by atoms with Crippen molar-refractivity contribution in [1.82, 2.24) is 14.5 Å². The molecular weight excluding hydrogens is 550 g/mol. The fourth-order valence-corrected chi connectivity index (χ4v) is 5.65. The number of carbonyl (C=O) groups is 1. The zero-order valence-electron chi connectivity index (χ0n) is 20.1. The van der Waals surface area contributed by atoms with Crippen molar-refractivity contribution in [2.75, 3.05) is 13.1 Å². The fourth-order valence-electron chi connectivity index (χ4n) is 4.65. The quantitative estimate of drug-likeness (QED) is 0.404.